The molecule has 26 heavy (non-hydrogen) atoms. The molecule has 0 saturated carbocycles. The number of carbonyl (C=O) groups is 2. The fraction of sp³-hybridized carbons (Fsp3) is 0.150. The van der Waals surface area contributed by atoms with E-state index in [9.17, 15) is 14.4 Å². The second-order valence-electron chi connectivity index (χ2n) is 5.82. The molecule has 1 heterocycles. The van der Waals surface area contributed by atoms with Crippen LogP contribution >= 0.6 is 0 Å². The quantitative estimate of drug-likeness (QED) is 0.714. The first-order valence-corrected chi connectivity index (χ1v) is 8.05. The molecule has 0 spiro atoms. The summed E-state index contributed by atoms with van der Waals surface area (Å²) in [6.07, 6.45) is 0. The van der Waals surface area contributed by atoms with Gasteiger partial charge in [-0.25, -0.2) is 4.79 Å². The molecule has 1 aromatic heterocycles. The molecule has 3 aromatic rings. The summed E-state index contributed by atoms with van der Waals surface area (Å²) in [6.45, 7) is 1.67. The van der Waals surface area contributed by atoms with Crippen molar-refractivity contribution in [3.05, 3.63) is 81.9 Å². The van der Waals surface area contributed by atoms with Crippen LogP contribution in [-0.4, -0.2) is 18.4 Å². The molecule has 0 radical (unpaired) electrons. The van der Waals surface area contributed by atoms with Gasteiger partial charge in [0, 0.05) is 0 Å². The second-order valence-corrected chi connectivity index (χ2v) is 5.82. The lowest BCUT2D eigenvalue weighted by atomic mass is 10.1. The zero-order valence-electron chi connectivity index (χ0n) is 14.2. The van der Waals surface area contributed by atoms with Gasteiger partial charge in [0.1, 0.15) is 13.2 Å². The van der Waals surface area contributed by atoms with Gasteiger partial charge in [-0.05, 0) is 30.0 Å². The number of hydrogen-bond acceptors (Lipinski definition) is 5. The summed E-state index contributed by atoms with van der Waals surface area (Å²) in [5.74, 6) is -1.38. The minimum absolute atomic E-state index is 0.125. The lowest BCUT2D eigenvalue weighted by molar-refractivity contribution is -0.143. The summed E-state index contributed by atoms with van der Waals surface area (Å²) >= 11 is 0. The Labute approximate surface area is 149 Å². The van der Waals surface area contributed by atoms with E-state index >= 15 is 0 Å². The number of ether oxygens (including phenoxy) is 1. The Morgan fingerprint density at radius 1 is 1.08 bits per heavy atom. The third-order valence-electron chi connectivity index (χ3n) is 3.78. The molecule has 132 valence electrons. The summed E-state index contributed by atoms with van der Waals surface area (Å²) in [6, 6.07) is 16.0. The maximum absolute atomic E-state index is 12.1. The number of esters is 1. The van der Waals surface area contributed by atoms with E-state index in [2.05, 4.69) is 5.32 Å². The van der Waals surface area contributed by atoms with Gasteiger partial charge in [0.2, 0.25) is 0 Å². The zero-order chi connectivity index (χ0) is 18.5. The van der Waals surface area contributed by atoms with Crippen molar-refractivity contribution in [2.75, 3.05) is 6.54 Å². The third-order valence-corrected chi connectivity index (χ3v) is 3.78. The van der Waals surface area contributed by atoms with E-state index in [1.54, 1.807) is 12.1 Å². The van der Waals surface area contributed by atoms with Crippen LogP contribution in [-0.2, 0) is 16.1 Å². The van der Waals surface area contributed by atoms with Gasteiger partial charge < -0.3 is 14.5 Å². The molecule has 3 rings (SSSR count). The smallest absolute Gasteiger partial charge is 0.344 e. The van der Waals surface area contributed by atoms with E-state index in [0.29, 0.717) is 10.8 Å². The van der Waals surface area contributed by atoms with Crippen molar-refractivity contribution in [1.29, 1.82) is 0 Å². The molecule has 0 unspecified atom stereocenters. The van der Waals surface area contributed by atoms with Gasteiger partial charge in [0.15, 0.2) is 5.76 Å². The first kappa shape index (κ1) is 17.4. The van der Waals surface area contributed by atoms with Crippen LogP contribution < -0.4 is 10.9 Å². The molecule has 0 atom stereocenters. The molecule has 6 heteroatoms. The molecular formula is C20H17NO5. The fourth-order valence-corrected chi connectivity index (χ4v) is 2.44. The molecule has 0 bridgehead atoms. The zero-order valence-corrected chi connectivity index (χ0v) is 14.2. The Hall–Kier alpha value is -3.41. The van der Waals surface area contributed by atoms with Crippen LogP contribution in [0.4, 0.5) is 0 Å². The fourth-order valence-electron chi connectivity index (χ4n) is 2.44. The lowest BCUT2D eigenvalue weighted by Gasteiger charge is -2.07. The highest BCUT2D eigenvalue weighted by atomic mass is 16.5. The Kier molecular flexibility index (Phi) is 5.12. The predicted octanol–water partition coefficient (Wildman–Crippen LogP) is 2.57. The molecule has 0 aliphatic rings. The summed E-state index contributed by atoms with van der Waals surface area (Å²) in [7, 11) is 0. The normalized spacial score (nSPS) is 10.5. The van der Waals surface area contributed by atoms with Crippen LogP contribution in [0.2, 0.25) is 0 Å². The van der Waals surface area contributed by atoms with Gasteiger partial charge in [-0.3, -0.25) is 9.59 Å². The van der Waals surface area contributed by atoms with Crippen molar-refractivity contribution in [2.24, 2.45) is 0 Å². The van der Waals surface area contributed by atoms with Crippen molar-refractivity contribution in [3.63, 3.8) is 0 Å². The second kappa shape index (κ2) is 7.65. The molecule has 0 fully saturated rings. The van der Waals surface area contributed by atoms with E-state index in [0.717, 1.165) is 11.1 Å². The minimum Gasteiger partial charge on any atom is -0.460 e. The average molecular weight is 351 g/mol. The monoisotopic (exact) mass is 351 g/mol. The Morgan fingerprint density at radius 3 is 2.62 bits per heavy atom. The molecule has 1 amide bonds. The summed E-state index contributed by atoms with van der Waals surface area (Å²) in [4.78, 5) is 35.9. The van der Waals surface area contributed by atoms with Crippen LogP contribution in [0.1, 0.15) is 21.7 Å². The van der Waals surface area contributed by atoms with E-state index in [1.165, 1.54) is 6.07 Å². The van der Waals surface area contributed by atoms with Crippen molar-refractivity contribution >= 4 is 22.6 Å². The number of benzene rings is 2. The largest absolute Gasteiger partial charge is 0.460 e. The highest BCUT2D eigenvalue weighted by Crippen LogP contribution is 2.14. The maximum Gasteiger partial charge on any atom is 0.344 e. The van der Waals surface area contributed by atoms with Gasteiger partial charge in [-0.1, -0.05) is 48.0 Å². The number of fused-ring (bicyclic) bond motifs is 1. The number of amides is 1. The molecular weight excluding hydrogens is 334 g/mol. The average Bonchev–Trinajstić information content (AvgIpc) is 2.65. The molecule has 0 aliphatic carbocycles. The van der Waals surface area contributed by atoms with Crippen LogP contribution in [0.25, 0.3) is 10.8 Å². The Morgan fingerprint density at radius 2 is 1.85 bits per heavy atom. The summed E-state index contributed by atoms with van der Waals surface area (Å²) in [5.41, 5.74) is 1.18. The number of aryl methyl sites for hydroxylation is 1. The van der Waals surface area contributed by atoms with Crippen LogP contribution in [0.3, 0.4) is 0 Å². The molecule has 1 N–H and O–H groups in total. The van der Waals surface area contributed by atoms with Crippen LogP contribution in [0, 0.1) is 6.92 Å². The van der Waals surface area contributed by atoms with E-state index < -0.39 is 17.5 Å². The van der Waals surface area contributed by atoms with Crippen molar-refractivity contribution in [1.82, 2.24) is 5.32 Å². The third kappa shape index (κ3) is 4.16. The highest BCUT2D eigenvalue weighted by Gasteiger charge is 2.14. The Balaban J connectivity index is 1.61. The van der Waals surface area contributed by atoms with Gasteiger partial charge in [-0.15, -0.1) is 0 Å². The summed E-state index contributed by atoms with van der Waals surface area (Å²) < 4.78 is 10.1. The van der Waals surface area contributed by atoms with E-state index in [-0.39, 0.29) is 18.9 Å². The van der Waals surface area contributed by atoms with Gasteiger partial charge in [0.05, 0.1) is 5.39 Å². The van der Waals surface area contributed by atoms with E-state index in [1.807, 2.05) is 43.3 Å². The number of rotatable bonds is 5. The Bertz CT molecular complexity index is 1010. The SMILES string of the molecule is Cc1ccc2cc(C(=O)NCC(=O)OCc3ccccc3)oc(=O)c2c1. The summed E-state index contributed by atoms with van der Waals surface area (Å²) in [5, 5.41) is 3.40. The molecule has 2 aromatic carbocycles. The minimum atomic E-state index is -0.652. The van der Waals surface area contributed by atoms with Gasteiger partial charge in [0.25, 0.3) is 5.91 Å². The maximum atomic E-state index is 12.1. The molecule has 6 nitrogen and oxygen atoms in total. The van der Waals surface area contributed by atoms with Gasteiger partial charge in [-0.2, -0.15) is 0 Å². The standard InChI is InChI=1S/C20H17NO5/c1-13-7-8-15-10-17(26-20(24)16(15)9-13)19(23)21-11-18(22)25-12-14-5-3-2-4-6-14/h2-10H,11-12H2,1H3,(H,21,23). The van der Waals surface area contributed by atoms with Crippen molar-refractivity contribution < 1.29 is 18.7 Å². The highest BCUT2D eigenvalue weighted by molar-refractivity contribution is 5.96. The molecule has 0 aliphatic heterocycles. The first-order chi connectivity index (χ1) is 12.5. The first-order valence-electron chi connectivity index (χ1n) is 8.05. The van der Waals surface area contributed by atoms with Crippen molar-refractivity contribution in [3.8, 4) is 0 Å². The number of carbonyl (C=O) groups excluding carboxylic acids is 2. The van der Waals surface area contributed by atoms with Crippen molar-refractivity contribution in [2.45, 2.75) is 13.5 Å². The van der Waals surface area contributed by atoms with Gasteiger partial charge >= 0.3 is 11.6 Å². The van der Waals surface area contributed by atoms with E-state index in [4.69, 9.17) is 9.15 Å². The number of nitrogens with one attached hydrogen (secondary N) is 1. The number of hydrogen-bond donors (Lipinski definition) is 1. The van der Waals surface area contributed by atoms with Crippen LogP contribution in [0.5, 0.6) is 0 Å². The molecule has 0 saturated heterocycles. The predicted molar refractivity (Wildman–Crippen MR) is 95.8 cm³/mol. The topological polar surface area (TPSA) is 85.6 Å². The van der Waals surface area contributed by atoms with Crippen LogP contribution in [0.15, 0.2) is 63.8 Å². The lowest BCUT2D eigenvalue weighted by Crippen LogP contribution is -2.31.